The van der Waals surface area contributed by atoms with Gasteiger partial charge in [-0.15, -0.1) is 0 Å². The van der Waals surface area contributed by atoms with Gasteiger partial charge in [0.1, 0.15) is 0 Å². The third kappa shape index (κ3) is 2.10. The van der Waals surface area contributed by atoms with Crippen molar-refractivity contribution in [3.05, 3.63) is 58.9 Å². The van der Waals surface area contributed by atoms with Crippen molar-refractivity contribution in [3.63, 3.8) is 0 Å². The molecule has 1 aliphatic carbocycles. The Hall–Kier alpha value is -1.54. The molecule has 0 radical (unpaired) electrons. The van der Waals surface area contributed by atoms with E-state index in [0.717, 1.165) is 24.8 Å². The van der Waals surface area contributed by atoms with E-state index in [1.54, 1.807) is 0 Å². The van der Waals surface area contributed by atoms with Crippen LogP contribution >= 0.6 is 0 Å². The molecular formula is C17H21NO. The van der Waals surface area contributed by atoms with Gasteiger partial charge in [0.25, 0.3) is 0 Å². The fourth-order valence-corrected chi connectivity index (χ4v) is 3.26. The highest BCUT2D eigenvalue weighted by molar-refractivity contribution is 5.33. The van der Waals surface area contributed by atoms with Gasteiger partial charge in [-0.1, -0.05) is 24.3 Å². The summed E-state index contributed by atoms with van der Waals surface area (Å²) in [6.45, 7) is 4.40. The van der Waals surface area contributed by atoms with Crippen LogP contribution in [0.1, 0.15) is 54.3 Å². The Kier molecular flexibility index (Phi) is 3.19. The predicted octanol–water partition coefficient (Wildman–Crippen LogP) is 3.78. The molecular weight excluding hydrogens is 234 g/mol. The number of fused-ring (bicyclic) bond motifs is 1. The number of hydrogen-bond acceptors (Lipinski definition) is 1. The number of aliphatic hydroxyl groups excluding tert-OH is 1. The van der Waals surface area contributed by atoms with Crippen LogP contribution in [-0.4, -0.2) is 9.67 Å². The van der Waals surface area contributed by atoms with E-state index in [1.165, 1.54) is 16.8 Å². The minimum absolute atomic E-state index is 0.269. The van der Waals surface area contributed by atoms with Crippen molar-refractivity contribution in [1.29, 1.82) is 0 Å². The van der Waals surface area contributed by atoms with Gasteiger partial charge in [-0.05, 0) is 50.3 Å². The lowest BCUT2D eigenvalue weighted by atomic mass is 9.94. The van der Waals surface area contributed by atoms with E-state index in [4.69, 9.17) is 0 Å². The third-order valence-corrected chi connectivity index (χ3v) is 4.37. The van der Waals surface area contributed by atoms with E-state index in [9.17, 15) is 5.11 Å². The molecule has 2 atom stereocenters. The summed E-state index contributed by atoms with van der Waals surface area (Å²) < 4.78 is 2.33. The Morgan fingerprint density at radius 1 is 1.26 bits per heavy atom. The minimum Gasteiger partial charge on any atom is -0.388 e. The Morgan fingerprint density at radius 2 is 2.05 bits per heavy atom. The van der Waals surface area contributed by atoms with Crippen LogP contribution in [0.4, 0.5) is 0 Å². The lowest BCUT2D eigenvalue weighted by Gasteiger charge is -2.24. The van der Waals surface area contributed by atoms with Crippen LogP contribution in [0.25, 0.3) is 0 Å². The van der Waals surface area contributed by atoms with Gasteiger partial charge < -0.3 is 9.67 Å². The van der Waals surface area contributed by atoms with Crippen LogP contribution in [0, 0.1) is 6.92 Å². The molecule has 0 saturated heterocycles. The van der Waals surface area contributed by atoms with Gasteiger partial charge in [-0.2, -0.15) is 0 Å². The van der Waals surface area contributed by atoms with E-state index in [0.29, 0.717) is 6.04 Å². The number of benzene rings is 1. The number of aromatic nitrogens is 1. The zero-order valence-corrected chi connectivity index (χ0v) is 11.6. The number of nitrogens with zero attached hydrogens (tertiary/aromatic N) is 1. The molecule has 0 fully saturated rings. The summed E-state index contributed by atoms with van der Waals surface area (Å²) in [4.78, 5) is 0. The number of hydrogen-bond donors (Lipinski definition) is 1. The quantitative estimate of drug-likeness (QED) is 0.868. The minimum atomic E-state index is -0.269. The van der Waals surface area contributed by atoms with E-state index in [1.807, 2.05) is 0 Å². The van der Waals surface area contributed by atoms with Crippen LogP contribution in [0.15, 0.2) is 36.5 Å². The highest BCUT2D eigenvalue weighted by Crippen LogP contribution is 2.33. The molecule has 3 rings (SSSR count). The van der Waals surface area contributed by atoms with Crippen molar-refractivity contribution < 1.29 is 5.11 Å². The Morgan fingerprint density at radius 3 is 2.84 bits per heavy atom. The summed E-state index contributed by atoms with van der Waals surface area (Å²) >= 11 is 0. The molecule has 0 bridgehead atoms. The number of aryl methyl sites for hydroxylation is 1. The van der Waals surface area contributed by atoms with Crippen molar-refractivity contribution in [1.82, 2.24) is 4.57 Å². The van der Waals surface area contributed by atoms with Crippen LogP contribution < -0.4 is 0 Å². The van der Waals surface area contributed by atoms with Gasteiger partial charge in [-0.25, -0.2) is 0 Å². The SMILES string of the molecule is Cc1ccccc1C(C)n1ccc2c1CCCC2O. The molecule has 1 aromatic heterocycles. The van der Waals surface area contributed by atoms with Gasteiger partial charge in [0.15, 0.2) is 0 Å². The second-order valence-electron chi connectivity index (χ2n) is 5.57. The lowest BCUT2D eigenvalue weighted by molar-refractivity contribution is 0.155. The molecule has 1 N–H and O–H groups in total. The second kappa shape index (κ2) is 4.86. The average molecular weight is 255 g/mol. The summed E-state index contributed by atoms with van der Waals surface area (Å²) in [6, 6.07) is 11.0. The Balaban J connectivity index is 2.01. The summed E-state index contributed by atoms with van der Waals surface area (Å²) in [7, 11) is 0. The highest BCUT2D eigenvalue weighted by Gasteiger charge is 2.23. The van der Waals surface area contributed by atoms with Crippen molar-refractivity contribution in [2.24, 2.45) is 0 Å². The van der Waals surface area contributed by atoms with Gasteiger partial charge in [0.05, 0.1) is 12.1 Å². The molecule has 0 amide bonds. The maximum Gasteiger partial charge on any atom is 0.0807 e. The van der Waals surface area contributed by atoms with Crippen LogP contribution in [0.5, 0.6) is 0 Å². The lowest BCUT2D eigenvalue weighted by Crippen LogP contribution is -2.15. The van der Waals surface area contributed by atoms with Crippen molar-refractivity contribution in [2.75, 3.05) is 0 Å². The number of rotatable bonds is 2. The fraction of sp³-hybridized carbons (Fsp3) is 0.412. The van der Waals surface area contributed by atoms with Crippen molar-refractivity contribution in [3.8, 4) is 0 Å². The van der Waals surface area contributed by atoms with E-state index >= 15 is 0 Å². The maximum absolute atomic E-state index is 10.1. The number of aliphatic hydroxyl groups is 1. The first-order valence-electron chi connectivity index (χ1n) is 7.11. The summed E-state index contributed by atoms with van der Waals surface area (Å²) in [5.74, 6) is 0. The summed E-state index contributed by atoms with van der Waals surface area (Å²) in [6.07, 6.45) is 4.93. The van der Waals surface area contributed by atoms with E-state index < -0.39 is 0 Å². The molecule has 1 heterocycles. The van der Waals surface area contributed by atoms with Crippen LogP contribution in [-0.2, 0) is 6.42 Å². The van der Waals surface area contributed by atoms with E-state index in [2.05, 4.69) is 54.9 Å². The standard InChI is InChI=1S/C17H21NO/c1-12-6-3-4-7-14(12)13(2)18-11-10-15-16(18)8-5-9-17(15)19/h3-4,6-7,10-11,13,17,19H,5,8-9H2,1-2H3. The molecule has 19 heavy (non-hydrogen) atoms. The molecule has 2 nitrogen and oxygen atoms in total. The van der Waals surface area contributed by atoms with Crippen LogP contribution in [0.2, 0.25) is 0 Å². The molecule has 100 valence electrons. The smallest absolute Gasteiger partial charge is 0.0807 e. The van der Waals surface area contributed by atoms with Crippen molar-refractivity contribution >= 4 is 0 Å². The first kappa shape index (κ1) is 12.5. The molecule has 1 aliphatic rings. The normalized spacial score (nSPS) is 20.1. The van der Waals surface area contributed by atoms with Gasteiger partial charge in [0.2, 0.25) is 0 Å². The molecule has 0 saturated carbocycles. The predicted molar refractivity (Wildman–Crippen MR) is 77.3 cm³/mol. The zero-order chi connectivity index (χ0) is 13.4. The first-order valence-corrected chi connectivity index (χ1v) is 7.11. The van der Waals surface area contributed by atoms with Gasteiger partial charge in [-0.3, -0.25) is 0 Å². The first-order chi connectivity index (χ1) is 9.18. The van der Waals surface area contributed by atoms with Gasteiger partial charge in [0, 0.05) is 17.5 Å². The third-order valence-electron chi connectivity index (χ3n) is 4.37. The molecule has 0 aliphatic heterocycles. The molecule has 1 aromatic carbocycles. The maximum atomic E-state index is 10.1. The second-order valence-corrected chi connectivity index (χ2v) is 5.57. The van der Waals surface area contributed by atoms with Crippen molar-refractivity contribution in [2.45, 2.75) is 45.3 Å². The molecule has 2 aromatic rings. The average Bonchev–Trinajstić information content (AvgIpc) is 2.84. The Bertz CT molecular complexity index is 585. The van der Waals surface area contributed by atoms with Gasteiger partial charge >= 0.3 is 0 Å². The summed E-state index contributed by atoms with van der Waals surface area (Å²) in [5, 5.41) is 10.1. The highest BCUT2D eigenvalue weighted by atomic mass is 16.3. The Labute approximate surface area is 114 Å². The molecule has 2 unspecified atom stereocenters. The monoisotopic (exact) mass is 255 g/mol. The topological polar surface area (TPSA) is 25.2 Å². The largest absolute Gasteiger partial charge is 0.388 e. The summed E-state index contributed by atoms with van der Waals surface area (Å²) in [5.41, 5.74) is 5.14. The fourth-order valence-electron chi connectivity index (χ4n) is 3.26. The van der Waals surface area contributed by atoms with E-state index in [-0.39, 0.29) is 6.10 Å². The molecule has 0 spiro atoms. The molecule has 2 heteroatoms. The zero-order valence-electron chi connectivity index (χ0n) is 11.6. The van der Waals surface area contributed by atoms with Crippen LogP contribution in [0.3, 0.4) is 0 Å².